The second kappa shape index (κ2) is 6.31. The highest BCUT2D eigenvalue weighted by molar-refractivity contribution is 6.05. The molecule has 2 saturated heterocycles. The number of anilines is 1. The average Bonchev–Trinajstić information content (AvgIpc) is 3.01. The van der Waals surface area contributed by atoms with Crippen LogP contribution in [0.25, 0.3) is 0 Å². The molecule has 3 heterocycles. The third-order valence-electron chi connectivity index (χ3n) is 4.38. The molecule has 9 heteroatoms. The number of piperazine rings is 1. The molecule has 0 aliphatic carbocycles. The van der Waals surface area contributed by atoms with E-state index < -0.39 is 84.7 Å². The van der Waals surface area contributed by atoms with Crippen LogP contribution in [0.2, 0.25) is 0 Å². The van der Waals surface area contributed by atoms with Crippen molar-refractivity contribution in [3.8, 4) is 0 Å². The van der Waals surface area contributed by atoms with E-state index in [4.69, 9.17) is 11.0 Å². The summed E-state index contributed by atoms with van der Waals surface area (Å²) in [6.07, 6.45) is -0.206. The number of hydrogen-bond acceptors (Lipinski definition) is 5. The minimum absolute atomic E-state index is 0.0935. The van der Waals surface area contributed by atoms with Gasteiger partial charge in [-0.25, -0.2) is 8.78 Å². The number of carbonyl (C=O) groups is 3. The second-order valence-electron chi connectivity index (χ2n) is 5.88. The topological polar surface area (TPSA) is 81.8 Å². The van der Waals surface area contributed by atoms with Crippen LogP contribution < -0.4 is 15.5 Å². The van der Waals surface area contributed by atoms with Gasteiger partial charge in [0.1, 0.15) is 11.9 Å². The Balaban J connectivity index is 1.84. The lowest BCUT2D eigenvalue weighted by Gasteiger charge is -2.30. The summed E-state index contributed by atoms with van der Waals surface area (Å²) in [5.74, 6) is -5.34. The minimum atomic E-state index is -3.42. The van der Waals surface area contributed by atoms with Crippen molar-refractivity contribution in [3.05, 3.63) is 28.8 Å². The quantitative estimate of drug-likeness (QED) is 0.722. The summed E-state index contributed by atoms with van der Waals surface area (Å²) >= 11 is 0. The molecule has 2 fully saturated rings. The van der Waals surface area contributed by atoms with Gasteiger partial charge in [0.25, 0.3) is 5.91 Å². The molecule has 3 amide bonds. The number of imide groups is 1. The molecule has 1 aromatic rings. The fourth-order valence-corrected chi connectivity index (χ4v) is 3.17. The summed E-state index contributed by atoms with van der Waals surface area (Å²) in [7, 11) is 0. The van der Waals surface area contributed by atoms with Crippen LogP contribution in [-0.2, 0) is 16.1 Å². The van der Waals surface area contributed by atoms with E-state index in [9.17, 15) is 14.4 Å². The highest BCUT2D eigenvalue weighted by Crippen LogP contribution is 2.35. The van der Waals surface area contributed by atoms with E-state index >= 15 is 8.78 Å². The van der Waals surface area contributed by atoms with Crippen molar-refractivity contribution in [2.45, 2.75) is 25.4 Å². The fraction of sp³-hybridized carbons (Fsp3) is 0.471. The summed E-state index contributed by atoms with van der Waals surface area (Å²) in [6, 6.07) is -0.909. The van der Waals surface area contributed by atoms with Gasteiger partial charge in [0, 0.05) is 49.5 Å². The van der Waals surface area contributed by atoms with Crippen LogP contribution in [0.3, 0.4) is 0 Å². The maximum Gasteiger partial charge on any atom is 0.258 e. The lowest BCUT2D eigenvalue weighted by atomic mass is 10.0. The third-order valence-corrected chi connectivity index (χ3v) is 4.38. The Morgan fingerprint density at radius 2 is 1.92 bits per heavy atom. The molecule has 0 saturated carbocycles. The molecular weight excluding hydrogens is 346 g/mol. The van der Waals surface area contributed by atoms with E-state index in [1.807, 2.05) is 5.32 Å². The molecule has 1 aromatic carbocycles. The number of halogens is 2. The summed E-state index contributed by atoms with van der Waals surface area (Å²) in [4.78, 5) is 37.0. The summed E-state index contributed by atoms with van der Waals surface area (Å²) in [6.45, 7) is -14.0. The van der Waals surface area contributed by atoms with Crippen molar-refractivity contribution in [2.75, 3.05) is 30.9 Å². The Labute approximate surface area is 159 Å². The molecular formula is C17H18F2N4O3. The lowest BCUT2D eigenvalue weighted by Crippen LogP contribution is -2.52. The van der Waals surface area contributed by atoms with E-state index in [0.717, 1.165) is 4.90 Å². The molecule has 1 atom stereocenters. The summed E-state index contributed by atoms with van der Waals surface area (Å²) in [5.41, 5.74) is -2.54. The molecule has 0 aromatic heterocycles. The maximum absolute atomic E-state index is 15.7. The van der Waals surface area contributed by atoms with Crippen molar-refractivity contribution in [1.82, 2.24) is 15.5 Å². The average molecular weight is 372 g/mol. The van der Waals surface area contributed by atoms with Crippen molar-refractivity contribution in [2.24, 2.45) is 0 Å². The number of nitrogens with zero attached hydrogens (tertiary/aromatic N) is 2. The number of hydrogen-bond donors (Lipinski definition) is 2. The van der Waals surface area contributed by atoms with Crippen molar-refractivity contribution in [3.63, 3.8) is 0 Å². The number of amides is 3. The molecule has 7 nitrogen and oxygen atoms in total. The van der Waals surface area contributed by atoms with Crippen molar-refractivity contribution >= 4 is 23.4 Å². The second-order valence-corrected chi connectivity index (χ2v) is 5.88. The van der Waals surface area contributed by atoms with Gasteiger partial charge in [0.05, 0.1) is 23.3 Å². The zero-order valence-corrected chi connectivity index (χ0v) is 13.2. The lowest BCUT2D eigenvalue weighted by molar-refractivity contribution is -0.136. The normalized spacial score (nSPS) is 35.6. The molecule has 0 bridgehead atoms. The highest BCUT2D eigenvalue weighted by Gasteiger charge is 2.42. The predicted molar refractivity (Wildman–Crippen MR) is 87.5 cm³/mol. The largest absolute Gasteiger partial charge is 0.367 e. The van der Waals surface area contributed by atoms with E-state index in [1.54, 1.807) is 5.32 Å². The number of carbonyl (C=O) groups excluding carboxylic acids is 3. The monoisotopic (exact) mass is 372 g/mol. The van der Waals surface area contributed by atoms with E-state index in [0.29, 0.717) is 6.07 Å². The molecule has 0 radical (unpaired) electrons. The van der Waals surface area contributed by atoms with Gasteiger partial charge in [-0.05, 0) is 6.42 Å². The number of nitrogens with one attached hydrogen (secondary N) is 2. The Bertz CT molecular complexity index is 1110. The van der Waals surface area contributed by atoms with Crippen LogP contribution in [0.5, 0.6) is 0 Å². The first kappa shape index (κ1) is 9.96. The predicted octanol–water partition coefficient (Wildman–Crippen LogP) is 0.135. The van der Waals surface area contributed by atoms with Gasteiger partial charge < -0.3 is 15.1 Å². The van der Waals surface area contributed by atoms with Crippen LogP contribution >= 0.6 is 0 Å². The van der Waals surface area contributed by atoms with Crippen LogP contribution in [0, 0.1) is 11.6 Å². The SMILES string of the molecule is [2H]C1([2H])NC([2H])([2H])C([2H])([2H])N(c2cc(F)c3c(c2F)CN(C2CCC(=O)NC2=O)C3=O)C1([2H])[2H]. The summed E-state index contributed by atoms with van der Waals surface area (Å²) < 4.78 is 94.5. The van der Waals surface area contributed by atoms with Crippen LogP contribution in [0.1, 0.15) is 39.7 Å². The number of fused-ring (bicyclic) bond motifs is 1. The van der Waals surface area contributed by atoms with Gasteiger partial charge in [0.15, 0.2) is 5.82 Å². The molecule has 3 aliphatic heterocycles. The summed E-state index contributed by atoms with van der Waals surface area (Å²) in [5, 5.41) is 3.62. The van der Waals surface area contributed by atoms with Crippen molar-refractivity contribution in [1.29, 1.82) is 0 Å². The molecule has 3 aliphatic rings. The smallest absolute Gasteiger partial charge is 0.258 e. The molecule has 0 spiro atoms. The van der Waals surface area contributed by atoms with Gasteiger partial charge in [-0.3, -0.25) is 19.7 Å². The number of benzene rings is 1. The Morgan fingerprint density at radius 1 is 1.19 bits per heavy atom. The van der Waals surface area contributed by atoms with Gasteiger partial charge in [-0.1, -0.05) is 0 Å². The molecule has 1 unspecified atom stereocenters. The Morgan fingerprint density at radius 3 is 2.62 bits per heavy atom. The van der Waals surface area contributed by atoms with Crippen LogP contribution in [-0.4, -0.2) is 54.7 Å². The van der Waals surface area contributed by atoms with Crippen LogP contribution in [0.4, 0.5) is 14.5 Å². The van der Waals surface area contributed by atoms with Gasteiger partial charge in [-0.2, -0.15) is 0 Å². The van der Waals surface area contributed by atoms with E-state index in [2.05, 4.69) is 0 Å². The van der Waals surface area contributed by atoms with Gasteiger partial charge in [-0.15, -0.1) is 0 Å². The third kappa shape index (κ3) is 2.63. The maximum atomic E-state index is 15.7. The number of piperidine rings is 1. The first-order valence-corrected chi connectivity index (χ1v) is 7.69. The van der Waals surface area contributed by atoms with Gasteiger partial charge in [0.2, 0.25) is 11.8 Å². The molecule has 2 N–H and O–H groups in total. The van der Waals surface area contributed by atoms with Crippen molar-refractivity contribution < 1.29 is 34.1 Å². The first-order chi connectivity index (χ1) is 15.4. The van der Waals surface area contributed by atoms with Crippen LogP contribution in [0.15, 0.2) is 6.07 Å². The zero-order valence-electron chi connectivity index (χ0n) is 21.2. The van der Waals surface area contributed by atoms with Gasteiger partial charge >= 0.3 is 0 Å². The van der Waals surface area contributed by atoms with E-state index in [-0.39, 0.29) is 17.7 Å². The molecule has 138 valence electrons. The number of rotatable bonds is 2. The fourth-order valence-electron chi connectivity index (χ4n) is 3.17. The Kier molecular flexibility index (Phi) is 2.42. The highest BCUT2D eigenvalue weighted by atomic mass is 19.1. The van der Waals surface area contributed by atoms with E-state index in [1.165, 1.54) is 0 Å². The molecule has 4 rings (SSSR count). The molecule has 26 heavy (non-hydrogen) atoms. The standard InChI is InChI=1S/C17H18F2N4O3/c18-10-7-12(22-5-3-20-4-6-22)15(19)9-8-23(17(26)14(9)10)11-1-2-13(24)21-16(11)25/h7,11,20H,1-6,8H2,(H,21,24,25)/i3D2,4D2,5D2,6D2. The Hall–Kier alpha value is -2.55. The first-order valence-electron chi connectivity index (χ1n) is 11.7. The zero-order chi connectivity index (χ0) is 25.6. The minimum Gasteiger partial charge on any atom is -0.367 e.